The molecule has 0 saturated carbocycles. The van der Waals surface area contributed by atoms with Gasteiger partial charge in [-0.25, -0.2) is 0 Å². The predicted molar refractivity (Wildman–Crippen MR) is 86.7 cm³/mol. The second-order valence-electron chi connectivity index (χ2n) is 5.59. The zero-order valence-electron chi connectivity index (χ0n) is 12.6. The lowest BCUT2D eigenvalue weighted by molar-refractivity contribution is 0.228. The Morgan fingerprint density at radius 2 is 1.86 bits per heavy atom. The van der Waals surface area contributed by atoms with Gasteiger partial charge in [0.25, 0.3) is 0 Å². The van der Waals surface area contributed by atoms with Gasteiger partial charge in [-0.3, -0.25) is 0 Å². The van der Waals surface area contributed by atoms with Gasteiger partial charge >= 0.3 is 0 Å². The third kappa shape index (κ3) is 4.29. The van der Waals surface area contributed by atoms with Crippen LogP contribution in [0.25, 0.3) is 11.5 Å². The smallest absolute Gasteiger partial charge is 0.247 e. The van der Waals surface area contributed by atoms with Crippen molar-refractivity contribution in [2.75, 3.05) is 26.2 Å². The van der Waals surface area contributed by atoms with E-state index in [9.17, 15) is 0 Å². The van der Waals surface area contributed by atoms with Crippen molar-refractivity contribution in [1.82, 2.24) is 20.4 Å². The molecule has 0 spiro atoms. The third-order valence-corrected chi connectivity index (χ3v) is 4.14. The van der Waals surface area contributed by atoms with Gasteiger partial charge in [0.15, 0.2) is 0 Å². The number of piperidine rings is 1. The Morgan fingerprint density at radius 3 is 2.64 bits per heavy atom. The Bertz CT molecular complexity index is 578. The van der Waals surface area contributed by atoms with Crippen LogP contribution in [0.4, 0.5) is 0 Å². The van der Waals surface area contributed by atoms with Crippen LogP contribution in [0, 0.1) is 0 Å². The van der Waals surface area contributed by atoms with Crippen LogP contribution in [0.3, 0.4) is 0 Å². The SMILES string of the molecule is Clc1ccc(-c2nnc(CNCCN3CCCCC3)o2)cc1. The largest absolute Gasteiger partial charge is 0.419 e. The minimum Gasteiger partial charge on any atom is -0.419 e. The molecule has 0 atom stereocenters. The minimum absolute atomic E-state index is 0.532. The first-order valence-electron chi connectivity index (χ1n) is 7.83. The second kappa shape index (κ2) is 7.72. The fourth-order valence-corrected chi connectivity index (χ4v) is 2.78. The molecule has 0 aliphatic carbocycles. The van der Waals surface area contributed by atoms with Crippen LogP contribution in [0.1, 0.15) is 25.2 Å². The summed E-state index contributed by atoms with van der Waals surface area (Å²) in [6.07, 6.45) is 4.03. The molecule has 22 heavy (non-hydrogen) atoms. The molecule has 1 N–H and O–H groups in total. The second-order valence-corrected chi connectivity index (χ2v) is 6.02. The van der Waals surface area contributed by atoms with Crippen molar-refractivity contribution in [2.45, 2.75) is 25.8 Å². The summed E-state index contributed by atoms with van der Waals surface area (Å²) in [5.41, 5.74) is 0.886. The van der Waals surface area contributed by atoms with Crippen molar-refractivity contribution in [3.05, 3.63) is 35.2 Å². The van der Waals surface area contributed by atoms with Crippen LogP contribution in [0.2, 0.25) is 5.02 Å². The van der Waals surface area contributed by atoms with E-state index in [1.807, 2.05) is 24.3 Å². The van der Waals surface area contributed by atoms with Crippen LogP contribution < -0.4 is 5.32 Å². The summed E-state index contributed by atoms with van der Waals surface area (Å²) in [7, 11) is 0. The lowest BCUT2D eigenvalue weighted by atomic mass is 10.1. The molecular weight excluding hydrogens is 300 g/mol. The summed E-state index contributed by atoms with van der Waals surface area (Å²) in [5.74, 6) is 1.15. The zero-order valence-corrected chi connectivity index (χ0v) is 13.4. The van der Waals surface area contributed by atoms with Gasteiger partial charge in [-0.2, -0.15) is 0 Å². The molecule has 1 aromatic heterocycles. The maximum atomic E-state index is 5.87. The molecule has 3 rings (SSSR count). The maximum absolute atomic E-state index is 5.87. The van der Waals surface area contributed by atoms with E-state index in [-0.39, 0.29) is 0 Å². The number of hydrogen-bond acceptors (Lipinski definition) is 5. The monoisotopic (exact) mass is 320 g/mol. The molecule has 0 bridgehead atoms. The number of nitrogens with zero attached hydrogens (tertiary/aromatic N) is 3. The Hall–Kier alpha value is -1.43. The molecule has 6 heteroatoms. The Morgan fingerprint density at radius 1 is 1.09 bits per heavy atom. The van der Waals surface area contributed by atoms with Crippen LogP contribution in [-0.2, 0) is 6.54 Å². The number of aromatic nitrogens is 2. The van der Waals surface area contributed by atoms with E-state index < -0.39 is 0 Å². The molecule has 2 aromatic rings. The molecule has 0 radical (unpaired) electrons. The van der Waals surface area contributed by atoms with Crippen LogP contribution in [0.5, 0.6) is 0 Å². The molecule has 0 unspecified atom stereocenters. The van der Waals surface area contributed by atoms with Crippen molar-refractivity contribution in [1.29, 1.82) is 0 Å². The van der Waals surface area contributed by atoms with Gasteiger partial charge in [-0.05, 0) is 50.2 Å². The number of halogens is 1. The molecule has 0 amide bonds. The quantitative estimate of drug-likeness (QED) is 0.829. The molecule has 1 aliphatic heterocycles. The van der Waals surface area contributed by atoms with E-state index in [2.05, 4.69) is 20.4 Å². The highest BCUT2D eigenvalue weighted by Gasteiger charge is 2.10. The van der Waals surface area contributed by atoms with Crippen LogP contribution in [-0.4, -0.2) is 41.3 Å². The summed E-state index contributed by atoms with van der Waals surface area (Å²) >= 11 is 5.87. The van der Waals surface area contributed by atoms with E-state index in [0.717, 1.165) is 18.7 Å². The number of rotatable bonds is 6. The lowest BCUT2D eigenvalue weighted by Crippen LogP contribution is -2.35. The normalized spacial score (nSPS) is 16.0. The van der Waals surface area contributed by atoms with Gasteiger partial charge in [0.2, 0.25) is 11.8 Å². The average Bonchev–Trinajstić information content (AvgIpc) is 3.02. The van der Waals surface area contributed by atoms with Crippen molar-refractivity contribution >= 4 is 11.6 Å². The molecular formula is C16H21ClN4O. The summed E-state index contributed by atoms with van der Waals surface area (Å²) in [6, 6.07) is 7.39. The van der Waals surface area contributed by atoms with Crippen molar-refractivity contribution in [3.8, 4) is 11.5 Å². The summed E-state index contributed by atoms with van der Waals surface area (Å²) < 4.78 is 5.66. The average molecular weight is 321 g/mol. The standard InChI is InChI=1S/C16H21ClN4O/c17-14-6-4-13(5-7-14)16-20-19-15(22-16)12-18-8-11-21-9-2-1-3-10-21/h4-7,18H,1-3,8-12H2. The summed E-state index contributed by atoms with van der Waals surface area (Å²) in [6.45, 7) is 5.08. The maximum Gasteiger partial charge on any atom is 0.247 e. The Balaban J connectivity index is 1.44. The topological polar surface area (TPSA) is 54.2 Å². The zero-order chi connectivity index (χ0) is 15.2. The number of likely N-dealkylation sites (tertiary alicyclic amines) is 1. The molecule has 1 saturated heterocycles. The molecule has 118 valence electrons. The molecule has 1 aromatic carbocycles. The fourth-order valence-electron chi connectivity index (χ4n) is 2.65. The van der Waals surface area contributed by atoms with Crippen LogP contribution >= 0.6 is 11.6 Å². The van der Waals surface area contributed by atoms with Gasteiger partial charge in [-0.15, -0.1) is 10.2 Å². The first-order chi connectivity index (χ1) is 10.8. The predicted octanol–water partition coefficient (Wildman–Crippen LogP) is 2.97. The molecule has 1 fully saturated rings. The van der Waals surface area contributed by atoms with Gasteiger partial charge in [-0.1, -0.05) is 18.0 Å². The fraction of sp³-hybridized carbons (Fsp3) is 0.500. The molecule has 1 aliphatic rings. The van der Waals surface area contributed by atoms with Crippen molar-refractivity contribution < 1.29 is 4.42 Å². The van der Waals surface area contributed by atoms with E-state index in [1.165, 1.54) is 32.4 Å². The highest BCUT2D eigenvalue weighted by atomic mass is 35.5. The lowest BCUT2D eigenvalue weighted by Gasteiger charge is -2.26. The third-order valence-electron chi connectivity index (χ3n) is 3.89. The van der Waals surface area contributed by atoms with Gasteiger partial charge in [0, 0.05) is 23.7 Å². The van der Waals surface area contributed by atoms with Gasteiger partial charge in [0.1, 0.15) is 0 Å². The first kappa shape index (κ1) is 15.5. The first-order valence-corrected chi connectivity index (χ1v) is 8.20. The summed E-state index contributed by atoms with van der Waals surface area (Å²) in [4.78, 5) is 2.50. The molecule has 5 nitrogen and oxygen atoms in total. The van der Waals surface area contributed by atoms with E-state index >= 15 is 0 Å². The van der Waals surface area contributed by atoms with Crippen molar-refractivity contribution in [2.24, 2.45) is 0 Å². The number of nitrogens with one attached hydrogen (secondary N) is 1. The van der Waals surface area contributed by atoms with Crippen LogP contribution in [0.15, 0.2) is 28.7 Å². The van der Waals surface area contributed by atoms with E-state index in [1.54, 1.807) is 0 Å². The highest BCUT2D eigenvalue weighted by Crippen LogP contribution is 2.20. The summed E-state index contributed by atoms with van der Waals surface area (Å²) in [5, 5.41) is 12.2. The van der Waals surface area contributed by atoms with Crippen molar-refractivity contribution in [3.63, 3.8) is 0 Å². The van der Waals surface area contributed by atoms with E-state index in [4.69, 9.17) is 16.0 Å². The Labute approximate surface area is 135 Å². The number of hydrogen-bond donors (Lipinski definition) is 1. The van der Waals surface area contributed by atoms with Gasteiger partial charge in [0.05, 0.1) is 6.54 Å². The number of benzene rings is 1. The van der Waals surface area contributed by atoms with E-state index in [0.29, 0.717) is 23.3 Å². The Kier molecular flexibility index (Phi) is 5.43. The molecule has 2 heterocycles. The highest BCUT2D eigenvalue weighted by molar-refractivity contribution is 6.30. The minimum atomic E-state index is 0.532. The van der Waals surface area contributed by atoms with Gasteiger partial charge < -0.3 is 14.6 Å².